The van der Waals surface area contributed by atoms with Crippen molar-refractivity contribution in [2.45, 2.75) is 64.1 Å². The quantitative estimate of drug-likeness (QED) is 0.716. The van der Waals surface area contributed by atoms with Crippen molar-refractivity contribution in [3.8, 4) is 0 Å². The lowest BCUT2D eigenvalue weighted by Gasteiger charge is -2.42. The topological polar surface area (TPSA) is 46.5 Å². The van der Waals surface area contributed by atoms with E-state index in [9.17, 15) is 4.79 Å². The van der Waals surface area contributed by atoms with Crippen molar-refractivity contribution in [3.05, 3.63) is 0 Å². The van der Waals surface area contributed by atoms with Crippen LogP contribution in [0.15, 0.2) is 0 Å². The molecule has 82 valence electrons. The normalized spacial score (nSPS) is 21.3. The Hall–Kier alpha value is -0.570. The predicted octanol–water partition coefficient (Wildman–Crippen LogP) is 2.59. The molecule has 0 spiro atoms. The molecule has 1 unspecified atom stereocenters. The molecule has 0 radical (unpaired) electrons. The molecule has 1 aliphatic rings. The monoisotopic (exact) mass is 200 g/mol. The van der Waals surface area contributed by atoms with E-state index in [1.807, 2.05) is 6.92 Å². The fraction of sp³-hybridized carbons (Fsp3) is 0.909. The number of carbonyl (C=O) groups is 1. The van der Waals surface area contributed by atoms with Gasteiger partial charge in [0.25, 0.3) is 0 Å². The van der Waals surface area contributed by atoms with Crippen LogP contribution in [-0.2, 0) is 9.53 Å². The summed E-state index contributed by atoms with van der Waals surface area (Å²) in [5.74, 6) is -0.742. The smallest absolute Gasteiger partial charge is 0.306 e. The molecule has 0 heterocycles. The minimum Gasteiger partial charge on any atom is -0.481 e. The first-order valence-electron chi connectivity index (χ1n) is 5.47. The lowest BCUT2D eigenvalue weighted by Crippen LogP contribution is -2.44. The molecule has 0 aromatic rings. The predicted molar refractivity (Wildman–Crippen MR) is 54.3 cm³/mol. The van der Waals surface area contributed by atoms with Crippen LogP contribution in [0.25, 0.3) is 0 Å². The zero-order chi connectivity index (χ0) is 10.6. The van der Waals surface area contributed by atoms with Gasteiger partial charge >= 0.3 is 5.97 Å². The maximum absolute atomic E-state index is 10.7. The largest absolute Gasteiger partial charge is 0.481 e. The van der Waals surface area contributed by atoms with E-state index in [1.54, 1.807) is 0 Å². The molecular weight excluding hydrogens is 180 g/mol. The van der Waals surface area contributed by atoms with Gasteiger partial charge in [0.15, 0.2) is 0 Å². The molecule has 0 saturated heterocycles. The minimum absolute atomic E-state index is 0.168. The van der Waals surface area contributed by atoms with Gasteiger partial charge in [-0.3, -0.25) is 4.79 Å². The highest BCUT2D eigenvalue weighted by Gasteiger charge is 2.41. The van der Waals surface area contributed by atoms with Gasteiger partial charge in [-0.2, -0.15) is 0 Å². The van der Waals surface area contributed by atoms with Gasteiger partial charge in [0.05, 0.1) is 18.1 Å². The van der Waals surface area contributed by atoms with Gasteiger partial charge in [-0.25, -0.2) is 0 Å². The highest BCUT2D eigenvalue weighted by molar-refractivity contribution is 5.68. The van der Waals surface area contributed by atoms with Gasteiger partial charge < -0.3 is 9.84 Å². The third kappa shape index (κ3) is 2.98. The summed E-state index contributed by atoms with van der Waals surface area (Å²) in [4.78, 5) is 10.7. The number of carboxylic acid groups (broad SMARTS) is 1. The lowest BCUT2D eigenvalue weighted by atomic mass is 9.77. The maximum atomic E-state index is 10.7. The minimum atomic E-state index is -0.742. The molecule has 1 atom stereocenters. The van der Waals surface area contributed by atoms with E-state index in [0.717, 1.165) is 32.1 Å². The van der Waals surface area contributed by atoms with Crippen LogP contribution in [0.3, 0.4) is 0 Å². The zero-order valence-electron chi connectivity index (χ0n) is 9.08. The SMILES string of the molecule is CCCC(C)OC1(CC(=O)O)CCC1. The summed E-state index contributed by atoms with van der Waals surface area (Å²) in [6, 6.07) is 0. The fourth-order valence-electron chi connectivity index (χ4n) is 2.08. The van der Waals surface area contributed by atoms with E-state index < -0.39 is 5.97 Å². The van der Waals surface area contributed by atoms with Crippen LogP contribution in [0.5, 0.6) is 0 Å². The summed E-state index contributed by atoms with van der Waals surface area (Å²) in [5, 5.41) is 8.78. The Morgan fingerprint density at radius 2 is 2.21 bits per heavy atom. The standard InChI is InChI=1S/C11H20O3/c1-3-5-9(2)14-11(6-4-7-11)8-10(12)13/h9H,3-8H2,1-2H3,(H,12,13). The Labute approximate surface area is 85.5 Å². The lowest BCUT2D eigenvalue weighted by molar-refractivity contribution is -0.164. The molecule has 0 aromatic carbocycles. The first-order chi connectivity index (χ1) is 6.58. The van der Waals surface area contributed by atoms with Crippen LogP contribution >= 0.6 is 0 Å². The van der Waals surface area contributed by atoms with Gasteiger partial charge in [0.2, 0.25) is 0 Å². The molecule has 3 heteroatoms. The average Bonchev–Trinajstić information content (AvgIpc) is 1.99. The maximum Gasteiger partial charge on any atom is 0.306 e. The molecular formula is C11H20O3. The van der Waals surface area contributed by atoms with E-state index in [-0.39, 0.29) is 18.1 Å². The van der Waals surface area contributed by atoms with E-state index >= 15 is 0 Å². The van der Waals surface area contributed by atoms with Crippen molar-refractivity contribution >= 4 is 5.97 Å². The summed E-state index contributed by atoms with van der Waals surface area (Å²) >= 11 is 0. The zero-order valence-corrected chi connectivity index (χ0v) is 9.08. The number of carboxylic acids is 1. The number of hydrogen-bond donors (Lipinski definition) is 1. The van der Waals surface area contributed by atoms with Crippen LogP contribution in [0.1, 0.15) is 52.4 Å². The van der Waals surface area contributed by atoms with Crippen molar-refractivity contribution in [2.24, 2.45) is 0 Å². The average molecular weight is 200 g/mol. The van der Waals surface area contributed by atoms with Crippen molar-refractivity contribution in [1.82, 2.24) is 0 Å². The van der Waals surface area contributed by atoms with Gasteiger partial charge in [0, 0.05) is 0 Å². The van der Waals surface area contributed by atoms with Crippen molar-refractivity contribution in [1.29, 1.82) is 0 Å². The molecule has 0 aliphatic heterocycles. The second-order valence-electron chi connectivity index (χ2n) is 4.32. The second-order valence-corrected chi connectivity index (χ2v) is 4.32. The van der Waals surface area contributed by atoms with Gasteiger partial charge in [-0.05, 0) is 32.6 Å². The Bertz CT molecular complexity index is 197. The Kier molecular flexibility index (Phi) is 3.93. The first kappa shape index (κ1) is 11.5. The van der Waals surface area contributed by atoms with Gasteiger partial charge in [0.1, 0.15) is 0 Å². The number of ether oxygens (including phenoxy) is 1. The highest BCUT2D eigenvalue weighted by Crippen LogP contribution is 2.39. The van der Waals surface area contributed by atoms with E-state index in [4.69, 9.17) is 9.84 Å². The molecule has 14 heavy (non-hydrogen) atoms. The molecule has 0 bridgehead atoms. The highest BCUT2D eigenvalue weighted by atomic mass is 16.5. The number of rotatable bonds is 6. The number of aliphatic carboxylic acids is 1. The molecule has 1 aliphatic carbocycles. The summed E-state index contributed by atoms with van der Waals surface area (Å²) in [6.07, 6.45) is 5.39. The van der Waals surface area contributed by atoms with Crippen LogP contribution in [-0.4, -0.2) is 22.8 Å². The molecule has 1 fully saturated rings. The van der Waals surface area contributed by atoms with Crippen molar-refractivity contribution in [2.75, 3.05) is 0 Å². The van der Waals surface area contributed by atoms with Crippen LogP contribution in [0.2, 0.25) is 0 Å². The van der Waals surface area contributed by atoms with Crippen molar-refractivity contribution < 1.29 is 14.6 Å². The van der Waals surface area contributed by atoms with E-state index in [1.165, 1.54) is 0 Å². The third-order valence-electron chi connectivity index (χ3n) is 2.88. The second kappa shape index (κ2) is 4.78. The van der Waals surface area contributed by atoms with Crippen LogP contribution in [0, 0.1) is 0 Å². The molecule has 1 rings (SSSR count). The molecule has 3 nitrogen and oxygen atoms in total. The van der Waals surface area contributed by atoms with E-state index in [2.05, 4.69) is 6.92 Å². The van der Waals surface area contributed by atoms with Gasteiger partial charge in [-0.15, -0.1) is 0 Å². The fourth-order valence-corrected chi connectivity index (χ4v) is 2.08. The van der Waals surface area contributed by atoms with Crippen molar-refractivity contribution in [3.63, 3.8) is 0 Å². The van der Waals surface area contributed by atoms with Crippen LogP contribution < -0.4 is 0 Å². The summed E-state index contributed by atoms with van der Waals surface area (Å²) < 4.78 is 5.84. The number of hydrogen-bond acceptors (Lipinski definition) is 2. The summed E-state index contributed by atoms with van der Waals surface area (Å²) in [6.45, 7) is 4.15. The molecule has 1 saturated carbocycles. The van der Waals surface area contributed by atoms with Crippen LogP contribution in [0.4, 0.5) is 0 Å². The molecule has 0 amide bonds. The molecule has 1 N–H and O–H groups in total. The Balaban J connectivity index is 2.40. The Morgan fingerprint density at radius 1 is 1.57 bits per heavy atom. The summed E-state index contributed by atoms with van der Waals surface area (Å²) in [5.41, 5.74) is -0.333. The van der Waals surface area contributed by atoms with Gasteiger partial charge in [-0.1, -0.05) is 13.3 Å². The first-order valence-corrected chi connectivity index (χ1v) is 5.47. The third-order valence-corrected chi connectivity index (χ3v) is 2.88. The van der Waals surface area contributed by atoms with E-state index in [0.29, 0.717) is 0 Å². The molecule has 0 aromatic heterocycles. The summed E-state index contributed by atoms with van der Waals surface area (Å²) in [7, 11) is 0. The Morgan fingerprint density at radius 3 is 2.57 bits per heavy atom.